The van der Waals surface area contributed by atoms with Gasteiger partial charge in [-0.2, -0.15) is 30.5 Å². The lowest BCUT2D eigenvalue weighted by Crippen LogP contribution is -2.61. The van der Waals surface area contributed by atoms with E-state index in [1.807, 2.05) is 55.8 Å². The van der Waals surface area contributed by atoms with Gasteiger partial charge in [0.1, 0.15) is 26.8 Å². The molecular weight excluding hydrogens is 1320 g/mol. The number of thiazole rings is 6. The Morgan fingerprint density at radius 2 is 1.06 bits per heavy atom. The first-order valence-corrected chi connectivity index (χ1v) is 37.0. The number of piperidine rings is 3. The molecule has 4 atom stereocenters. The monoisotopic (exact) mass is 1390 g/mol. The van der Waals surface area contributed by atoms with Crippen molar-refractivity contribution in [3.8, 4) is 70.4 Å². The first-order valence-electron chi connectivity index (χ1n) is 32.1. The van der Waals surface area contributed by atoms with E-state index in [0.717, 1.165) is 176 Å². The predicted molar refractivity (Wildman–Crippen MR) is 391 cm³/mol. The quantitative estimate of drug-likeness (QED) is 0.0564. The van der Waals surface area contributed by atoms with Crippen molar-refractivity contribution in [2.75, 3.05) is 44.0 Å². The SMILES string of the molecule is CC1CC(N(C)c2nc3sc(-c4ccc(-c5cn[nH]c5)c5cn[nH]c45)nc3s2)CCN1C.CN(c1nc2sc(-c3ccc(-c4cn[nH]c4)c4cn[nH]c34)nc2s1)C1CC(C)(C)NC(C)(C)C1.C[C@H]1CC(Oc2nc3sc(-c4ncc(-c5cn[nH]c5)c5cc[nH]c45)nc3s2)CCN1. The largest absolute Gasteiger partial charge is 0.467 e. The molecule has 3 saturated heterocycles. The standard InChI is InChI=1S/C24H28N8S2.C22H24N8S2.C20H19N7OS2/c1-23(2)8-14(9-24(3,4)31-23)32(5)22-29-21-20(34-22)28-19(33-21)16-7-6-15(13-10-25-26-11-13)17-12-27-30-18(16)17;1-12-8-14(6-7-29(12)2)30(3)22-27-21-20(32-22)26-19(31-21)16-5-4-15(13-9-23-24-10-13)17-11-25-28-18(16)17;1-10-6-12(2-4-21-10)28-20-27-19-18(30-20)26-17(29-19)16-15-13(3-5-22-15)14(9-23-16)11-7-24-25-8-11/h6-7,10-12,14,31H,8-9H2,1-5H3,(H,25,26)(H,27,30);4-5,9-12,14H,6-8H2,1-3H3,(H,23,24)(H,25,28);3,5,7-10,12,21-22H,2,4,6H2,1H3,(H,24,25)/t;;10-,12?/m..0/s1. The van der Waals surface area contributed by atoms with E-state index in [4.69, 9.17) is 34.6 Å². The summed E-state index contributed by atoms with van der Waals surface area (Å²) in [7, 11) is 6.56. The molecule has 18 rings (SSSR count). The van der Waals surface area contributed by atoms with Crippen LogP contribution in [0, 0.1) is 0 Å². The van der Waals surface area contributed by atoms with Gasteiger partial charge in [0, 0.05) is 136 Å². The molecule has 2 aromatic carbocycles. The fraction of sp³-hybridized carbons (Fsp3) is 0.364. The smallest absolute Gasteiger partial charge is 0.276 e. The molecule has 15 aromatic rings. The number of nitrogens with zero attached hydrogens (tertiary/aromatic N) is 15. The molecule has 0 spiro atoms. The van der Waals surface area contributed by atoms with E-state index in [0.29, 0.717) is 29.4 Å². The Labute approximate surface area is 575 Å². The number of rotatable bonds is 12. The summed E-state index contributed by atoms with van der Waals surface area (Å²) in [6.07, 6.45) is 25.4. The van der Waals surface area contributed by atoms with Crippen LogP contribution in [-0.2, 0) is 0 Å². The molecule has 492 valence electrons. The number of H-pyrrole nitrogens is 6. The Balaban J connectivity index is 0.000000113. The summed E-state index contributed by atoms with van der Waals surface area (Å²) in [5.41, 5.74) is 12.4. The number of pyridine rings is 1. The topological polar surface area (TPSA) is 292 Å². The molecule has 0 amide bonds. The lowest BCUT2D eigenvalue weighted by atomic mass is 9.79. The van der Waals surface area contributed by atoms with Gasteiger partial charge in [-0.3, -0.25) is 30.5 Å². The van der Waals surface area contributed by atoms with Gasteiger partial charge in [0.2, 0.25) is 0 Å². The van der Waals surface area contributed by atoms with Gasteiger partial charge in [-0.15, -0.1) is 0 Å². The zero-order valence-electron chi connectivity index (χ0n) is 54.3. The summed E-state index contributed by atoms with van der Waals surface area (Å²) in [5.74, 6) is 0. The third kappa shape index (κ3) is 12.1. The number of hydrogen-bond acceptors (Lipinski definition) is 24. The molecule has 96 heavy (non-hydrogen) atoms. The van der Waals surface area contributed by atoms with Crippen LogP contribution in [0.5, 0.6) is 5.19 Å². The molecule has 0 saturated carbocycles. The Kier molecular flexibility index (Phi) is 16.4. The van der Waals surface area contributed by atoms with Gasteiger partial charge in [0.05, 0.1) is 47.5 Å². The molecule has 3 fully saturated rings. The molecule has 24 nitrogen and oxygen atoms in total. The lowest BCUT2D eigenvalue weighted by Gasteiger charge is -2.48. The van der Waals surface area contributed by atoms with Crippen molar-refractivity contribution in [1.82, 2.24) is 106 Å². The van der Waals surface area contributed by atoms with Gasteiger partial charge < -0.3 is 35.1 Å². The van der Waals surface area contributed by atoms with E-state index < -0.39 is 0 Å². The van der Waals surface area contributed by atoms with Crippen LogP contribution in [0.15, 0.2) is 92.3 Å². The normalized spacial score (nSPS) is 19.2. The summed E-state index contributed by atoms with van der Waals surface area (Å²) in [5, 5.41) is 51.8. The zero-order chi connectivity index (χ0) is 65.6. The first kappa shape index (κ1) is 62.4. The van der Waals surface area contributed by atoms with Crippen molar-refractivity contribution in [3.63, 3.8) is 0 Å². The minimum atomic E-state index is 0.0960. The maximum Gasteiger partial charge on any atom is 0.276 e. The van der Waals surface area contributed by atoms with Crippen LogP contribution in [0.3, 0.4) is 0 Å². The minimum Gasteiger partial charge on any atom is -0.467 e. The number of benzene rings is 2. The Hall–Kier alpha value is -8.46. The second kappa shape index (κ2) is 25.2. The van der Waals surface area contributed by atoms with Crippen molar-refractivity contribution in [1.29, 1.82) is 0 Å². The van der Waals surface area contributed by atoms with Crippen LogP contribution in [0.25, 0.3) is 127 Å². The molecule has 16 heterocycles. The van der Waals surface area contributed by atoms with Gasteiger partial charge in [0.25, 0.3) is 5.19 Å². The second-order valence-electron chi connectivity index (χ2n) is 26.6. The number of aromatic nitrogens is 18. The van der Waals surface area contributed by atoms with Crippen molar-refractivity contribution < 1.29 is 4.74 Å². The molecule has 0 aliphatic carbocycles. The fourth-order valence-corrected chi connectivity index (χ4v) is 20.1. The zero-order valence-corrected chi connectivity index (χ0v) is 59.2. The van der Waals surface area contributed by atoms with Gasteiger partial charge in [-0.1, -0.05) is 80.2 Å². The average Bonchev–Trinajstić information content (AvgIpc) is 1.60. The summed E-state index contributed by atoms with van der Waals surface area (Å²) < 4.78 is 6.13. The number of hydrogen-bond donors (Lipinski definition) is 8. The summed E-state index contributed by atoms with van der Waals surface area (Å²) in [6, 6.07) is 12.5. The van der Waals surface area contributed by atoms with Crippen molar-refractivity contribution in [2.24, 2.45) is 0 Å². The van der Waals surface area contributed by atoms with E-state index in [1.165, 1.54) is 24.2 Å². The number of fused-ring (bicyclic) bond motifs is 6. The van der Waals surface area contributed by atoms with Crippen molar-refractivity contribution in [3.05, 3.63) is 92.3 Å². The van der Waals surface area contributed by atoms with Crippen LogP contribution in [-0.4, -0.2) is 171 Å². The van der Waals surface area contributed by atoms with Crippen LogP contribution >= 0.6 is 68.0 Å². The molecule has 0 radical (unpaired) electrons. The molecular formula is C66H71N23OS6. The third-order valence-corrected chi connectivity index (χ3v) is 24.9. The fourth-order valence-electron chi connectivity index (χ4n) is 13.9. The van der Waals surface area contributed by atoms with Gasteiger partial charge >= 0.3 is 0 Å². The summed E-state index contributed by atoms with van der Waals surface area (Å²) >= 11 is 9.71. The Bertz CT molecular complexity index is 5080. The van der Waals surface area contributed by atoms with Crippen LogP contribution in [0.2, 0.25) is 0 Å². The lowest BCUT2D eigenvalue weighted by molar-refractivity contribution is 0.144. The highest BCUT2D eigenvalue weighted by atomic mass is 32.1. The summed E-state index contributed by atoms with van der Waals surface area (Å²) in [4.78, 5) is 50.3. The molecule has 30 heteroatoms. The molecule has 8 N–H and O–H groups in total. The maximum atomic E-state index is 6.13. The first-order chi connectivity index (χ1) is 46.5. The van der Waals surface area contributed by atoms with E-state index in [2.05, 4.69) is 179 Å². The van der Waals surface area contributed by atoms with E-state index >= 15 is 0 Å². The van der Waals surface area contributed by atoms with Crippen LogP contribution in [0.4, 0.5) is 10.3 Å². The predicted octanol–water partition coefficient (Wildman–Crippen LogP) is 14.2. The third-order valence-electron chi connectivity index (χ3n) is 18.7. The molecule has 13 aromatic heterocycles. The highest BCUT2D eigenvalue weighted by Crippen LogP contribution is 2.45. The number of likely N-dealkylation sites (tertiary alicyclic amines) is 1. The number of nitrogens with one attached hydrogen (secondary N) is 8. The molecule has 0 bridgehead atoms. The van der Waals surface area contributed by atoms with E-state index in [-0.39, 0.29) is 17.2 Å². The van der Waals surface area contributed by atoms with Gasteiger partial charge in [0.15, 0.2) is 39.2 Å². The molecule has 3 aliphatic heterocycles. The average molecular weight is 1390 g/mol. The van der Waals surface area contributed by atoms with Gasteiger partial charge in [-0.05, 0) is 123 Å². The minimum absolute atomic E-state index is 0.0960. The number of aromatic amines is 6. The Morgan fingerprint density at radius 3 is 1.61 bits per heavy atom. The summed E-state index contributed by atoms with van der Waals surface area (Å²) in [6.45, 7) is 15.8. The van der Waals surface area contributed by atoms with Crippen LogP contribution < -0.4 is 25.2 Å². The highest BCUT2D eigenvalue weighted by Gasteiger charge is 2.40. The van der Waals surface area contributed by atoms with Gasteiger partial charge in [-0.25, -0.2) is 24.9 Å². The Morgan fingerprint density at radius 1 is 0.531 bits per heavy atom. The maximum absolute atomic E-state index is 6.13. The number of ether oxygens (including phenoxy) is 1. The molecule has 3 unspecified atom stereocenters. The van der Waals surface area contributed by atoms with Crippen molar-refractivity contribution in [2.45, 2.75) is 121 Å². The second-order valence-corrected chi connectivity index (χ2v) is 32.3. The van der Waals surface area contributed by atoms with Crippen LogP contribution in [0.1, 0.15) is 80.1 Å². The van der Waals surface area contributed by atoms with Crippen molar-refractivity contribution >= 4 is 140 Å². The van der Waals surface area contributed by atoms with E-state index in [1.54, 1.807) is 62.9 Å². The van der Waals surface area contributed by atoms with E-state index in [9.17, 15) is 0 Å². The number of anilines is 2. The molecule has 3 aliphatic rings. The highest BCUT2D eigenvalue weighted by molar-refractivity contribution is 7.30.